The molecular weight excluding hydrogens is 438 g/mol. The number of nitrogens with one attached hydrogen (secondary N) is 2. The number of nitrogens with zero attached hydrogens (tertiary/aromatic N) is 1. The van der Waals surface area contributed by atoms with Gasteiger partial charge in [-0.15, -0.1) is 0 Å². The van der Waals surface area contributed by atoms with Crippen molar-refractivity contribution in [1.29, 1.82) is 5.26 Å². The predicted octanol–water partition coefficient (Wildman–Crippen LogP) is 4.66. The topological polar surface area (TPSA) is 108 Å². The molecule has 31 heavy (non-hydrogen) atoms. The second-order valence-corrected chi connectivity index (χ2v) is 8.41. The van der Waals surface area contributed by atoms with Crippen molar-refractivity contribution in [3.63, 3.8) is 0 Å². The van der Waals surface area contributed by atoms with Crippen LogP contribution in [-0.4, -0.2) is 20.9 Å². The average molecular weight is 456 g/mol. The number of hydrogen-bond acceptors (Lipinski definition) is 5. The molecule has 0 atom stereocenters. The zero-order valence-electron chi connectivity index (χ0n) is 16.4. The van der Waals surface area contributed by atoms with Crippen molar-refractivity contribution < 1.29 is 17.9 Å². The van der Waals surface area contributed by atoms with Gasteiger partial charge in [-0.05, 0) is 67.6 Å². The van der Waals surface area contributed by atoms with E-state index in [0.29, 0.717) is 29.3 Å². The van der Waals surface area contributed by atoms with E-state index < -0.39 is 15.9 Å². The third kappa shape index (κ3) is 5.54. The van der Waals surface area contributed by atoms with Gasteiger partial charge in [0.05, 0.1) is 23.3 Å². The summed E-state index contributed by atoms with van der Waals surface area (Å²) in [5.41, 5.74) is 1.22. The lowest BCUT2D eigenvalue weighted by atomic mass is 10.2. The summed E-state index contributed by atoms with van der Waals surface area (Å²) >= 11 is 6.11. The quantitative estimate of drug-likeness (QED) is 0.538. The first-order chi connectivity index (χ1) is 14.8. The summed E-state index contributed by atoms with van der Waals surface area (Å²) in [5.74, 6) is 0.0758. The molecule has 0 fully saturated rings. The van der Waals surface area contributed by atoms with Gasteiger partial charge in [0.2, 0.25) is 0 Å². The van der Waals surface area contributed by atoms with E-state index in [-0.39, 0.29) is 15.5 Å². The van der Waals surface area contributed by atoms with E-state index in [9.17, 15) is 13.2 Å². The van der Waals surface area contributed by atoms with Crippen molar-refractivity contribution in [3.05, 3.63) is 82.9 Å². The first-order valence-electron chi connectivity index (χ1n) is 9.19. The summed E-state index contributed by atoms with van der Waals surface area (Å²) in [6.07, 6.45) is 0. The molecule has 0 spiro atoms. The fourth-order valence-electron chi connectivity index (χ4n) is 2.72. The van der Waals surface area contributed by atoms with Crippen LogP contribution in [0.4, 0.5) is 11.4 Å². The van der Waals surface area contributed by atoms with Crippen LogP contribution in [0.15, 0.2) is 71.6 Å². The lowest BCUT2D eigenvalue weighted by Gasteiger charge is -2.12. The number of rotatable bonds is 7. The van der Waals surface area contributed by atoms with E-state index in [2.05, 4.69) is 10.0 Å². The van der Waals surface area contributed by atoms with E-state index in [1.54, 1.807) is 42.5 Å². The molecule has 0 heterocycles. The molecule has 0 aliphatic rings. The molecule has 158 valence electrons. The Labute approximate surface area is 185 Å². The summed E-state index contributed by atoms with van der Waals surface area (Å²) in [7, 11) is -4.05. The first kappa shape index (κ1) is 22.2. The van der Waals surface area contributed by atoms with Crippen LogP contribution in [-0.2, 0) is 10.0 Å². The smallest absolute Gasteiger partial charge is 0.263 e. The molecule has 3 aromatic carbocycles. The van der Waals surface area contributed by atoms with Crippen LogP contribution >= 0.6 is 11.6 Å². The number of carbonyl (C=O) groups excluding carboxylic acids is 1. The molecule has 1 amide bonds. The molecule has 3 rings (SSSR count). The largest absolute Gasteiger partial charge is 0.494 e. The summed E-state index contributed by atoms with van der Waals surface area (Å²) in [6, 6.07) is 18.7. The highest BCUT2D eigenvalue weighted by molar-refractivity contribution is 7.92. The van der Waals surface area contributed by atoms with Gasteiger partial charge in [0.15, 0.2) is 0 Å². The maximum Gasteiger partial charge on any atom is 0.263 e. The minimum Gasteiger partial charge on any atom is -0.494 e. The van der Waals surface area contributed by atoms with Gasteiger partial charge in [0.25, 0.3) is 15.9 Å². The number of benzene rings is 3. The van der Waals surface area contributed by atoms with E-state index in [0.717, 1.165) is 0 Å². The van der Waals surface area contributed by atoms with Crippen molar-refractivity contribution in [2.75, 3.05) is 16.6 Å². The van der Waals surface area contributed by atoms with Crippen molar-refractivity contribution in [2.45, 2.75) is 11.8 Å². The van der Waals surface area contributed by atoms with Gasteiger partial charge in [-0.3, -0.25) is 9.52 Å². The Morgan fingerprint density at radius 3 is 2.48 bits per heavy atom. The van der Waals surface area contributed by atoms with Gasteiger partial charge in [0, 0.05) is 16.9 Å². The Balaban J connectivity index is 1.83. The van der Waals surface area contributed by atoms with E-state index >= 15 is 0 Å². The number of sulfonamides is 1. The molecule has 2 N–H and O–H groups in total. The zero-order chi connectivity index (χ0) is 22.4. The molecule has 0 aliphatic carbocycles. The van der Waals surface area contributed by atoms with E-state index in [1.165, 1.54) is 24.3 Å². The number of anilines is 2. The Bertz CT molecular complexity index is 1250. The molecule has 0 aromatic heterocycles. The maximum absolute atomic E-state index is 12.9. The van der Waals surface area contributed by atoms with E-state index in [1.807, 2.05) is 13.0 Å². The van der Waals surface area contributed by atoms with Gasteiger partial charge in [-0.1, -0.05) is 17.7 Å². The normalized spacial score (nSPS) is 10.7. The molecular formula is C22H18ClN3O4S. The Hall–Kier alpha value is -3.54. The lowest BCUT2D eigenvalue weighted by molar-refractivity contribution is 0.102. The maximum atomic E-state index is 12.9. The Morgan fingerprint density at radius 2 is 1.81 bits per heavy atom. The fraction of sp³-hybridized carbons (Fsp3) is 0.0909. The SMILES string of the molecule is CCOc1ccc(NS(=O)(=O)c2cc(C(=O)Nc3cccc(C#N)c3)ccc2Cl)cc1. The van der Waals surface area contributed by atoms with E-state index in [4.69, 9.17) is 21.6 Å². The van der Waals surface area contributed by atoms with Crippen molar-refractivity contribution >= 4 is 38.9 Å². The van der Waals surface area contributed by atoms with Gasteiger partial charge in [-0.25, -0.2) is 8.42 Å². The summed E-state index contributed by atoms with van der Waals surface area (Å²) in [6.45, 7) is 2.35. The lowest BCUT2D eigenvalue weighted by Crippen LogP contribution is -2.16. The van der Waals surface area contributed by atoms with Crippen LogP contribution in [0.5, 0.6) is 5.75 Å². The molecule has 0 unspecified atom stereocenters. The highest BCUT2D eigenvalue weighted by Crippen LogP contribution is 2.26. The molecule has 0 aliphatic heterocycles. The standard InChI is InChI=1S/C22H18ClN3O4S/c1-2-30-19-9-7-17(8-10-19)26-31(28,29)21-13-16(6-11-20(21)23)22(27)25-18-5-3-4-15(12-18)14-24/h3-13,26H,2H2,1H3,(H,25,27). The van der Waals surface area contributed by atoms with Crippen LogP contribution in [0.3, 0.4) is 0 Å². The number of ether oxygens (including phenoxy) is 1. The monoisotopic (exact) mass is 455 g/mol. The van der Waals surface area contributed by atoms with Crippen molar-refractivity contribution in [1.82, 2.24) is 0 Å². The number of carbonyl (C=O) groups is 1. The molecule has 9 heteroatoms. The Kier molecular flexibility index (Phi) is 6.80. The fourth-order valence-corrected chi connectivity index (χ4v) is 4.30. The van der Waals surface area contributed by atoms with Crippen LogP contribution in [0.2, 0.25) is 5.02 Å². The Morgan fingerprint density at radius 1 is 1.06 bits per heavy atom. The summed E-state index contributed by atoms with van der Waals surface area (Å²) in [5, 5.41) is 11.6. The van der Waals surface area contributed by atoms with Gasteiger partial charge in [-0.2, -0.15) is 5.26 Å². The molecule has 3 aromatic rings. The minimum absolute atomic E-state index is 0.0264. The minimum atomic E-state index is -4.05. The second-order valence-electron chi connectivity index (χ2n) is 6.35. The molecule has 0 saturated heterocycles. The van der Waals surface area contributed by atoms with Crippen LogP contribution in [0.1, 0.15) is 22.8 Å². The summed E-state index contributed by atoms with van der Waals surface area (Å²) in [4.78, 5) is 12.4. The highest BCUT2D eigenvalue weighted by Gasteiger charge is 2.21. The molecule has 0 saturated carbocycles. The van der Waals surface area contributed by atoms with Gasteiger partial charge < -0.3 is 10.1 Å². The highest BCUT2D eigenvalue weighted by atomic mass is 35.5. The number of amides is 1. The van der Waals surface area contributed by atoms with Crippen LogP contribution in [0, 0.1) is 11.3 Å². The third-order valence-electron chi connectivity index (χ3n) is 4.15. The molecule has 0 radical (unpaired) electrons. The third-order valence-corrected chi connectivity index (χ3v) is 6.01. The number of hydrogen-bond donors (Lipinski definition) is 2. The van der Waals surface area contributed by atoms with Crippen molar-refractivity contribution in [3.8, 4) is 11.8 Å². The number of halogens is 1. The summed E-state index contributed by atoms with van der Waals surface area (Å²) < 4.78 is 33.5. The molecule has 0 bridgehead atoms. The predicted molar refractivity (Wildman–Crippen MR) is 119 cm³/mol. The zero-order valence-corrected chi connectivity index (χ0v) is 18.0. The molecule has 7 nitrogen and oxygen atoms in total. The second kappa shape index (κ2) is 9.51. The first-order valence-corrected chi connectivity index (χ1v) is 11.1. The van der Waals surface area contributed by atoms with Crippen LogP contribution < -0.4 is 14.8 Å². The number of nitriles is 1. The van der Waals surface area contributed by atoms with Crippen molar-refractivity contribution in [2.24, 2.45) is 0 Å². The van der Waals surface area contributed by atoms with Crippen LogP contribution in [0.25, 0.3) is 0 Å². The van der Waals surface area contributed by atoms with Gasteiger partial charge >= 0.3 is 0 Å². The van der Waals surface area contributed by atoms with Gasteiger partial charge in [0.1, 0.15) is 10.6 Å². The average Bonchev–Trinajstić information content (AvgIpc) is 2.75.